The maximum absolute atomic E-state index is 11.7. The number of ether oxygens (including phenoxy) is 5. The predicted molar refractivity (Wildman–Crippen MR) is 90.3 cm³/mol. The molecule has 0 saturated carbocycles. The molecule has 0 radical (unpaired) electrons. The molecule has 0 spiro atoms. The van der Waals surface area contributed by atoms with E-state index in [-0.39, 0.29) is 42.8 Å². The Labute approximate surface area is 152 Å². The lowest BCUT2D eigenvalue weighted by Crippen LogP contribution is -2.53. The molecule has 7 atom stereocenters. The van der Waals surface area contributed by atoms with Crippen molar-refractivity contribution in [1.29, 1.82) is 0 Å². The van der Waals surface area contributed by atoms with Crippen molar-refractivity contribution in [2.45, 2.75) is 75.0 Å². The molecule has 6 nitrogen and oxygen atoms in total. The number of esters is 1. The first kappa shape index (κ1) is 16.7. The standard InChI is InChI=1S/C20H24O6/c1-20-8-7-13-14(24-17(20)10-18(21)26-20)9-15-16(23-13)11-22-19(25-15)12-5-3-2-4-6-12/h2-6,13-17,19H,7-11H2,1H3/t13-,14+,15-,16+,17-,19?,20+/m0/s1. The molecule has 1 aromatic carbocycles. The minimum absolute atomic E-state index is 0.00199. The molecular formula is C20H24O6. The molecule has 4 saturated heterocycles. The van der Waals surface area contributed by atoms with E-state index in [4.69, 9.17) is 23.7 Å². The van der Waals surface area contributed by atoms with Crippen LogP contribution in [0.2, 0.25) is 0 Å². The lowest BCUT2D eigenvalue weighted by molar-refractivity contribution is -0.306. The number of fused-ring (bicyclic) bond motifs is 3. The Hall–Kier alpha value is -1.47. The van der Waals surface area contributed by atoms with E-state index in [2.05, 4.69) is 0 Å². The van der Waals surface area contributed by atoms with Crippen LogP contribution in [0.1, 0.15) is 44.5 Å². The van der Waals surface area contributed by atoms with Gasteiger partial charge in [-0.1, -0.05) is 30.3 Å². The summed E-state index contributed by atoms with van der Waals surface area (Å²) in [5.74, 6) is -0.169. The zero-order chi connectivity index (χ0) is 17.7. The summed E-state index contributed by atoms with van der Waals surface area (Å²) >= 11 is 0. The van der Waals surface area contributed by atoms with E-state index >= 15 is 0 Å². The van der Waals surface area contributed by atoms with E-state index in [1.807, 2.05) is 37.3 Å². The van der Waals surface area contributed by atoms with Gasteiger partial charge in [-0.05, 0) is 19.8 Å². The molecule has 26 heavy (non-hydrogen) atoms. The number of rotatable bonds is 1. The van der Waals surface area contributed by atoms with Crippen molar-refractivity contribution in [2.24, 2.45) is 0 Å². The third kappa shape index (κ3) is 2.85. The first-order chi connectivity index (χ1) is 12.6. The van der Waals surface area contributed by atoms with Gasteiger partial charge in [0.05, 0.1) is 31.3 Å². The highest BCUT2D eigenvalue weighted by molar-refractivity contribution is 5.73. The number of carbonyl (C=O) groups excluding carboxylic acids is 1. The van der Waals surface area contributed by atoms with E-state index < -0.39 is 5.60 Å². The fraction of sp³-hybridized carbons (Fsp3) is 0.650. The maximum Gasteiger partial charge on any atom is 0.309 e. The minimum Gasteiger partial charge on any atom is -0.456 e. The third-order valence-electron chi connectivity index (χ3n) is 6.07. The van der Waals surface area contributed by atoms with Gasteiger partial charge in [0.2, 0.25) is 0 Å². The molecule has 5 rings (SSSR count). The second kappa shape index (κ2) is 6.30. The Balaban J connectivity index is 1.31. The summed E-state index contributed by atoms with van der Waals surface area (Å²) in [6.45, 7) is 2.49. The average molecular weight is 360 g/mol. The SMILES string of the molecule is C[C@@]12CC[C@@H]3O[C@@H]4COC(c5ccccc5)O[C@H]4C[C@H]3O[C@H]1CC(=O)O2. The Morgan fingerprint density at radius 3 is 2.65 bits per heavy atom. The second-order valence-corrected chi connectivity index (χ2v) is 7.89. The summed E-state index contributed by atoms with van der Waals surface area (Å²) in [4.78, 5) is 11.7. The van der Waals surface area contributed by atoms with Gasteiger partial charge in [-0.2, -0.15) is 0 Å². The van der Waals surface area contributed by atoms with Crippen LogP contribution in [-0.2, 0) is 28.5 Å². The quantitative estimate of drug-likeness (QED) is 0.717. The smallest absolute Gasteiger partial charge is 0.309 e. The number of benzene rings is 1. The molecule has 0 amide bonds. The molecule has 140 valence electrons. The van der Waals surface area contributed by atoms with Crippen LogP contribution in [0.4, 0.5) is 0 Å². The highest BCUT2D eigenvalue weighted by Gasteiger charge is 2.53. The number of hydrogen-bond donors (Lipinski definition) is 0. The Kier molecular flexibility index (Phi) is 4.05. The van der Waals surface area contributed by atoms with E-state index in [0.717, 1.165) is 24.8 Å². The first-order valence-corrected chi connectivity index (χ1v) is 9.45. The van der Waals surface area contributed by atoms with Gasteiger partial charge in [-0.15, -0.1) is 0 Å². The number of carbonyl (C=O) groups is 1. The fourth-order valence-electron chi connectivity index (χ4n) is 4.56. The van der Waals surface area contributed by atoms with E-state index in [1.54, 1.807) is 0 Å². The summed E-state index contributed by atoms with van der Waals surface area (Å²) in [6, 6.07) is 9.95. The van der Waals surface area contributed by atoms with Gasteiger partial charge in [0, 0.05) is 12.0 Å². The number of hydrogen-bond acceptors (Lipinski definition) is 6. The van der Waals surface area contributed by atoms with Crippen molar-refractivity contribution in [3.8, 4) is 0 Å². The summed E-state index contributed by atoms with van der Waals surface area (Å²) in [6.07, 6.45) is 1.86. The highest BCUT2D eigenvalue weighted by atomic mass is 16.7. The van der Waals surface area contributed by atoms with Crippen LogP contribution in [-0.4, -0.2) is 48.7 Å². The molecule has 0 aromatic heterocycles. The largest absolute Gasteiger partial charge is 0.456 e. The van der Waals surface area contributed by atoms with Crippen LogP contribution in [0.3, 0.4) is 0 Å². The molecule has 0 N–H and O–H groups in total. The van der Waals surface area contributed by atoms with E-state index in [9.17, 15) is 4.79 Å². The fourth-order valence-corrected chi connectivity index (χ4v) is 4.56. The molecule has 6 heteroatoms. The van der Waals surface area contributed by atoms with Gasteiger partial charge in [-0.25, -0.2) is 0 Å². The normalized spacial score (nSPS) is 45.0. The predicted octanol–water partition coefficient (Wildman–Crippen LogP) is 2.51. The van der Waals surface area contributed by atoms with Gasteiger partial charge in [0.25, 0.3) is 0 Å². The van der Waals surface area contributed by atoms with Crippen molar-refractivity contribution >= 4 is 5.97 Å². The monoisotopic (exact) mass is 360 g/mol. The zero-order valence-corrected chi connectivity index (χ0v) is 14.8. The van der Waals surface area contributed by atoms with Crippen molar-refractivity contribution in [3.63, 3.8) is 0 Å². The molecule has 4 aliphatic heterocycles. The molecule has 4 heterocycles. The van der Waals surface area contributed by atoms with Crippen LogP contribution < -0.4 is 0 Å². The van der Waals surface area contributed by atoms with Gasteiger partial charge >= 0.3 is 5.97 Å². The van der Waals surface area contributed by atoms with Gasteiger partial charge < -0.3 is 23.7 Å². The summed E-state index contributed by atoms with van der Waals surface area (Å²) in [5, 5.41) is 0. The van der Waals surface area contributed by atoms with E-state index in [0.29, 0.717) is 13.0 Å². The van der Waals surface area contributed by atoms with Crippen LogP contribution in [0.25, 0.3) is 0 Å². The lowest BCUT2D eigenvalue weighted by Gasteiger charge is -2.45. The molecule has 4 aliphatic rings. The molecular weight excluding hydrogens is 336 g/mol. The molecule has 1 unspecified atom stereocenters. The Morgan fingerprint density at radius 1 is 1.00 bits per heavy atom. The van der Waals surface area contributed by atoms with Gasteiger partial charge in [0.1, 0.15) is 17.8 Å². The summed E-state index contributed by atoms with van der Waals surface area (Å²) < 4.78 is 30.2. The van der Waals surface area contributed by atoms with Gasteiger partial charge in [0.15, 0.2) is 6.29 Å². The summed E-state index contributed by atoms with van der Waals surface area (Å²) in [7, 11) is 0. The van der Waals surface area contributed by atoms with Crippen molar-refractivity contribution in [1.82, 2.24) is 0 Å². The molecule has 4 fully saturated rings. The van der Waals surface area contributed by atoms with Crippen molar-refractivity contribution < 1.29 is 28.5 Å². The van der Waals surface area contributed by atoms with Crippen LogP contribution in [0.15, 0.2) is 30.3 Å². The van der Waals surface area contributed by atoms with Crippen LogP contribution >= 0.6 is 0 Å². The Morgan fingerprint density at radius 2 is 1.81 bits per heavy atom. The third-order valence-corrected chi connectivity index (χ3v) is 6.07. The lowest BCUT2D eigenvalue weighted by atomic mass is 9.91. The van der Waals surface area contributed by atoms with Crippen molar-refractivity contribution in [2.75, 3.05) is 6.61 Å². The Bertz CT molecular complexity index is 678. The second-order valence-electron chi connectivity index (χ2n) is 7.89. The molecule has 0 aliphatic carbocycles. The average Bonchev–Trinajstić information content (AvgIpc) is 2.86. The van der Waals surface area contributed by atoms with Crippen LogP contribution in [0.5, 0.6) is 0 Å². The van der Waals surface area contributed by atoms with Gasteiger partial charge in [-0.3, -0.25) is 4.79 Å². The molecule has 1 aromatic rings. The summed E-state index contributed by atoms with van der Waals surface area (Å²) in [5.41, 5.74) is 0.476. The molecule has 0 bridgehead atoms. The van der Waals surface area contributed by atoms with E-state index in [1.165, 1.54) is 0 Å². The zero-order valence-electron chi connectivity index (χ0n) is 14.8. The topological polar surface area (TPSA) is 63.2 Å². The van der Waals surface area contributed by atoms with Crippen LogP contribution in [0, 0.1) is 0 Å². The maximum atomic E-state index is 11.7. The minimum atomic E-state index is -0.535. The highest BCUT2D eigenvalue weighted by Crippen LogP contribution is 2.43. The first-order valence-electron chi connectivity index (χ1n) is 9.45. The van der Waals surface area contributed by atoms with Crippen molar-refractivity contribution in [3.05, 3.63) is 35.9 Å².